The molecule has 0 radical (unpaired) electrons. The minimum atomic E-state index is -0.278. The van der Waals surface area contributed by atoms with Crippen LogP contribution >= 0.6 is 11.3 Å². The summed E-state index contributed by atoms with van der Waals surface area (Å²) < 4.78 is 7.30. The highest BCUT2D eigenvalue weighted by Crippen LogP contribution is 2.18. The average molecular weight is 461 g/mol. The zero-order valence-electron chi connectivity index (χ0n) is 18.9. The van der Waals surface area contributed by atoms with Gasteiger partial charge in [0.25, 0.3) is 5.95 Å². The fraction of sp³-hybridized carbons (Fsp3) is 0.208. The molecule has 0 atom stereocenters. The number of thiazole rings is 1. The molecule has 8 nitrogen and oxygen atoms in total. The first-order chi connectivity index (χ1) is 15.9. The number of anilines is 1. The molecule has 1 amide bonds. The fourth-order valence-electron chi connectivity index (χ4n) is 3.19. The van der Waals surface area contributed by atoms with Crippen LogP contribution in [0.25, 0.3) is 12.0 Å². The smallest absolute Gasteiger partial charge is 0.252 e. The third kappa shape index (κ3) is 5.89. The first kappa shape index (κ1) is 22.3. The molecule has 168 valence electrons. The fourth-order valence-corrected chi connectivity index (χ4v) is 3.79. The van der Waals surface area contributed by atoms with E-state index in [2.05, 4.69) is 25.4 Å². The lowest BCUT2D eigenvalue weighted by atomic mass is 10.2. The number of aryl methyl sites for hydroxylation is 4. The van der Waals surface area contributed by atoms with Crippen LogP contribution in [-0.4, -0.2) is 30.6 Å². The number of hydrogen-bond donors (Lipinski definition) is 1. The molecular weight excluding hydrogens is 436 g/mol. The van der Waals surface area contributed by atoms with Gasteiger partial charge >= 0.3 is 0 Å². The van der Waals surface area contributed by atoms with Crippen LogP contribution in [0.2, 0.25) is 0 Å². The molecule has 0 saturated heterocycles. The molecule has 0 aliphatic carbocycles. The predicted octanol–water partition coefficient (Wildman–Crippen LogP) is 4.58. The first-order valence-corrected chi connectivity index (χ1v) is 11.3. The summed E-state index contributed by atoms with van der Waals surface area (Å²) in [5.74, 6) is 1.39. The molecule has 4 aromatic rings. The summed E-state index contributed by atoms with van der Waals surface area (Å²) in [6.45, 7) is 8.04. The standard InChI is InChI=1S/C24H24N6O2S/c1-15-11-16(2)26-24(25-15)30-22(12-17(3)29-30)28-23(31)10-7-19-5-8-21(9-6-19)32-13-20-14-33-18(4)27-20/h5-12,14H,13H2,1-4H3,(H,28,31)/b10-7+. The molecule has 0 fully saturated rings. The van der Waals surface area contributed by atoms with Crippen molar-refractivity contribution in [3.63, 3.8) is 0 Å². The quantitative estimate of drug-likeness (QED) is 0.406. The second-order valence-electron chi connectivity index (χ2n) is 7.57. The number of hydrogen-bond acceptors (Lipinski definition) is 7. The van der Waals surface area contributed by atoms with Gasteiger partial charge in [0.1, 0.15) is 18.2 Å². The van der Waals surface area contributed by atoms with Crippen molar-refractivity contribution in [2.75, 3.05) is 5.32 Å². The van der Waals surface area contributed by atoms with Crippen molar-refractivity contribution in [2.24, 2.45) is 0 Å². The molecule has 1 aromatic carbocycles. The highest BCUT2D eigenvalue weighted by Gasteiger charge is 2.12. The van der Waals surface area contributed by atoms with Crippen LogP contribution in [0.5, 0.6) is 5.75 Å². The molecule has 0 saturated carbocycles. The van der Waals surface area contributed by atoms with Gasteiger partial charge in [-0.1, -0.05) is 12.1 Å². The van der Waals surface area contributed by atoms with Crippen molar-refractivity contribution >= 4 is 29.1 Å². The van der Waals surface area contributed by atoms with Gasteiger partial charge in [0, 0.05) is 28.9 Å². The van der Waals surface area contributed by atoms with Gasteiger partial charge in [-0.2, -0.15) is 9.78 Å². The number of carbonyl (C=O) groups excluding carboxylic acids is 1. The van der Waals surface area contributed by atoms with Crippen molar-refractivity contribution in [2.45, 2.75) is 34.3 Å². The van der Waals surface area contributed by atoms with Gasteiger partial charge in [-0.25, -0.2) is 15.0 Å². The van der Waals surface area contributed by atoms with E-state index in [0.717, 1.165) is 39.1 Å². The van der Waals surface area contributed by atoms with Gasteiger partial charge in [0.2, 0.25) is 5.91 Å². The Balaban J connectivity index is 1.39. The number of aromatic nitrogens is 5. The van der Waals surface area contributed by atoms with Crippen LogP contribution in [0.3, 0.4) is 0 Å². The SMILES string of the molecule is Cc1cc(C)nc(-n2nc(C)cc2NC(=O)/C=C/c2ccc(OCc3csc(C)n3)cc2)n1. The van der Waals surface area contributed by atoms with Crippen molar-refractivity contribution in [1.29, 1.82) is 0 Å². The second-order valence-corrected chi connectivity index (χ2v) is 8.63. The Morgan fingerprint density at radius 1 is 1.03 bits per heavy atom. The topological polar surface area (TPSA) is 94.8 Å². The average Bonchev–Trinajstić information content (AvgIpc) is 3.35. The summed E-state index contributed by atoms with van der Waals surface area (Å²) in [5, 5.41) is 10.3. The van der Waals surface area contributed by atoms with Crippen LogP contribution in [0.4, 0.5) is 5.82 Å². The predicted molar refractivity (Wildman–Crippen MR) is 129 cm³/mol. The Kier molecular flexibility index (Phi) is 6.60. The summed E-state index contributed by atoms with van der Waals surface area (Å²) >= 11 is 1.60. The van der Waals surface area contributed by atoms with Crippen LogP contribution < -0.4 is 10.1 Å². The number of amides is 1. The summed E-state index contributed by atoms with van der Waals surface area (Å²) in [6.07, 6.45) is 3.22. The maximum atomic E-state index is 12.5. The van der Waals surface area contributed by atoms with Gasteiger partial charge in [0.05, 0.1) is 16.4 Å². The molecule has 0 aliphatic heterocycles. The van der Waals surface area contributed by atoms with Crippen molar-refractivity contribution in [3.05, 3.63) is 81.2 Å². The van der Waals surface area contributed by atoms with Crippen LogP contribution in [0.1, 0.15) is 33.3 Å². The molecule has 33 heavy (non-hydrogen) atoms. The Bertz CT molecular complexity index is 1290. The number of rotatable bonds is 7. The number of nitrogens with one attached hydrogen (secondary N) is 1. The first-order valence-electron chi connectivity index (χ1n) is 10.4. The lowest BCUT2D eigenvalue weighted by Gasteiger charge is -2.07. The third-order valence-corrected chi connectivity index (χ3v) is 5.43. The van der Waals surface area contributed by atoms with Crippen molar-refractivity contribution < 1.29 is 9.53 Å². The minimum Gasteiger partial charge on any atom is -0.487 e. The highest BCUT2D eigenvalue weighted by atomic mass is 32.1. The van der Waals surface area contributed by atoms with E-state index in [-0.39, 0.29) is 5.91 Å². The molecule has 0 bridgehead atoms. The van der Waals surface area contributed by atoms with Crippen LogP contribution in [0, 0.1) is 27.7 Å². The van der Waals surface area contributed by atoms with E-state index in [4.69, 9.17) is 4.74 Å². The normalized spacial score (nSPS) is 11.2. The van der Waals surface area contributed by atoms with Gasteiger partial charge in [-0.05, 0) is 57.5 Å². The lowest BCUT2D eigenvalue weighted by molar-refractivity contribution is -0.111. The molecule has 3 heterocycles. The lowest BCUT2D eigenvalue weighted by Crippen LogP contribution is -2.14. The Morgan fingerprint density at radius 2 is 1.76 bits per heavy atom. The largest absolute Gasteiger partial charge is 0.487 e. The number of nitrogens with zero attached hydrogens (tertiary/aromatic N) is 5. The van der Waals surface area contributed by atoms with Gasteiger partial charge < -0.3 is 10.1 Å². The van der Waals surface area contributed by atoms with Gasteiger partial charge in [-0.3, -0.25) is 4.79 Å². The van der Waals surface area contributed by atoms with Gasteiger partial charge in [0.15, 0.2) is 0 Å². The van der Waals surface area contributed by atoms with E-state index in [1.165, 1.54) is 10.8 Å². The van der Waals surface area contributed by atoms with E-state index in [1.807, 2.05) is 63.4 Å². The number of ether oxygens (including phenoxy) is 1. The van der Waals surface area contributed by atoms with Crippen LogP contribution in [0.15, 0.2) is 47.9 Å². The highest BCUT2D eigenvalue weighted by molar-refractivity contribution is 7.09. The maximum absolute atomic E-state index is 12.5. The summed E-state index contributed by atoms with van der Waals surface area (Å²) in [4.78, 5) is 25.8. The monoisotopic (exact) mass is 460 g/mol. The maximum Gasteiger partial charge on any atom is 0.252 e. The second kappa shape index (κ2) is 9.74. The van der Waals surface area contributed by atoms with Gasteiger partial charge in [-0.15, -0.1) is 11.3 Å². The molecule has 4 rings (SSSR count). The Labute approximate surface area is 196 Å². The van der Waals surface area contributed by atoms with E-state index >= 15 is 0 Å². The number of carbonyl (C=O) groups is 1. The number of benzene rings is 1. The zero-order valence-corrected chi connectivity index (χ0v) is 19.7. The Hall–Kier alpha value is -3.85. The summed E-state index contributed by atoms with van der Waals surface area (Å²) in [6, 6.07) is 11.2. The third-order valence-electron chi connectivity index (χ3n) is 4.60. The van der Waals surface area contributed by atoms with E-state index in [1.54, 1.807) is 23.5 Å². The van der Waals surface area contributed by atoms with Crippen LogP contribution in [-0.2, 0) is 11.4 Å². The minimum absolute atomic E-state index is 0.278. The van der Waals surface area contributed by atoms with Crippen molar-refractivity contribution in [3.8, 4) is 11.7 Å². The summed E-state index contributed by atoms with van der Waals surface area (Å²) in [5.41, 5.74) is 4.21. The van der Waals surface area contributed by atoms with E-state index in [0.29, 0.717) is 18.4 Å². The zero-order chi connectivity index (χ0) is 23.4. The molecular formula is C24H24N6O2S. The molecule has 0 aliphatic rings. The molecule has 3 aromatic heterocycles. The van der Waals surface area contributed by atoms with E-state index < -0.39 is 0 Å². The Morgan fingerprint density at radius 3 is 2.42 bits per heavy atom. The molecule has 1 N–H and O–H groups in total. The summed E-state index contributed by atoms with van der Waals surface area (Å²) in [7, 11) is 0. The molecule has 0 unspecified atom stereocenters. The molecule has 9 heteroatoms. The molecule has 0 spiro atoms. The van der Waals surface area contributed by atoms with Crippen molar-refractivity contribution in [1.82, 2.24) is 24.7 Å². The van der Waals surface area contributed by atoms with E-state index in [9.17, 15) is 4.79 Å².